The SMILES string of the molecule is c1ccc(-c2ccc(N(c3ccc4c(c3)-c3ccccc3C4(c3ccccc3)c3ccccc3)c3cccc4c3-c3ccc5cc(-c6ccccc6)ccc5c3-c3ccccc3O4)cc2)cc1. The van der Waals surface area contributed by atoms with Gasteiger partial charge in [0, 0.05) is 28.1 Å². The molecule has 0 unspecified atom stereocenters. The minimum absolute atomic E-state index is 0.501. The highest BCUT2D eigenvalue weighted by Crippen LogP contribution is 2.59. The highest BCUT2D eigenvalue weighted by Gasteiger charge is 2.46. The Morgan fingerprint density at radius 2 is 0.866 bits per heavy atom. The molecule has 1 aliphatic heterocycles. The Bertz CT molecular complexity index is 3600. The van der Waals surface area contributed by atoms with Crippen molar-refractivity contribution in [2.24, 2.45) is 0 Å². The number of benzene rings is 11. The van der Waals surface area contributed by atoms with Gasteiger partial charge in [-0.25, -0.2) is 0 Å². The summed E-state index contributed by atoms with van der Waals surface area (Å²) in [5.41, 5.74) is 19.3. The van der Waals surface area contributed by atoms with Gasteiger partial charge in [0.05, 0.1) is 11.1 Å². The molecule has 0 bridgehead atoms. The average molecular weight is 854 g/mol. The largest absolute Gasteiger partial charge is 0.456 e. The van der Waals surface area contributed by atoms with Gasteiger partial charge in [-0.2, -0.15) is 0 Å². The summed E-state index contributed by atoms with van der Waals surface area (Å²) in [6.07, 6.45) is 0. The summed E-state index contributed by atoms with van der Waals surface area (Å²) in [7, 11) is 0. The van der Waals surface area contributed by atoms with Crippen LogP contribution in [0.1, 0.15) is 22.3 Å². The van der Waals surface area contributed by atoms with Gasteiger partial charge < -0.3 is 9.64 Å². The van der Waals surface area contributed by atoms with Crippen LogP contribution >= 0.6 is 0 Å². The topological polar surface area (TPSA) is 12.5 Å². The third-order valence-electron chi connectivity index (χ3n) is 14.0. The number of ether oxygens (including phenoxy) is 1. The fourth-order valence-electron chi connectivity index (χ4n) is 11.0. The van der Waals surface area contributed by atoms with Gasteiger partial charge >= 0.3 is 0 Å². The normalized spacial score (nSPS) is 12.7. The van der Waals surface area contributed by atoms with E-state index in [0.29, 0.717) is 0 Å². The first kappa shape index (κ1) is 38.7. The van der Waals surface area contributed by atoms with Crippen molar-refractivity contribution in [2.45, 2.75) is 5.41 Å². The van der Waals surface area contributed by atoms with Crippen LogP contribution in [0.4, 0.5) is 17.1 Å². The average Bonchev–Trinajstić information content (AvgIpc) is 3.61. The van der Waals surface area contributed by atoms with Gasteiger partial charge in [-0.3, -0.25) is 0 Å². The summed E-state index contributed by atoms with van der Waals surface area (Å²) in [5, 5.41) is 2.36. The van der Waals surface area contributed by atoms with Gasteiger partial charge in [0.1, 0.15) is 11.5 Å². The highest BCUT2D eigenvalue weighted by molar-refractivity contribution is 6.10. The Morgan fingerprint density at radius 1 is 0.313 bits per heavy atom. The van der Waals surface area contributed by atoms with Crippen LogP contribution in [-0.4, -0.2) is 0 Å². The molecule has 11 aromatic rings. The second kappa shape index (κ2) is 15.8. The number of hydrogen-bond donors (Lipinski definition) is 0. The van der Waals surface area contributed by atoms with Crippen LogP contribution in [0.5, 0.6) is 11.5 Å². The molecule has 0 fully saturated rings. The molecule has 0 amide bonds. The van der Waals surface area contributed by atoms with Crippen LogP contribution in [0.15, 0.2) is 261 Å². The molecule has 0 spiro atoms. The standard InChI is InChI=1S/C65H43NO/c1-5-18-44(19-6-1)46-32-36-51(37-33-46)66(52-38-41-59-57(43-52)54-26-13-15-28-58(54)65(59,49-22-9-3-10-23-49)50-24-11-4-12-25-50)60-29-17-31-62-64(60)56-40-35-48-42-47(45-20-7-2-8-21-45)34-39-53(48)63(56)55-27-14-16-30-61(55)67-62/h1-43H. The highest BCUT2D eigenvalue weighted by atomic mass is 16.5. The number of rotatable bonds is 7. The van der Waals surface area contributed by atoms with Crippen molar-refractivity contribution >= 4 is 27.8 Å². The molecule has 13 rings (SSSR count). The number of fused-ring (bicyclic) bond motifs is 10. The molecule has 0 radical (unpaired) electrons. The van der Waals surface area contributed by atoms with E-state index in [4.69, 9.17) is 4.74 Å². The molecule has 11 aromatic carbocycles. The minimum Gasteiger partial charge on any atom is -0.456 e. The van der Waals surface area contributed by atoms with Crippen molar-refractivity contribution in [1.82, 2.24) is 0 Å². The van der Waals surface area contributed by atoms with Gasteiger partial charge in [-0.1, -0.05) is 212 Å². The molecule has 67 heavy (non-hydrogen) atoms. The van der Waals surface area contributed by atoms with Crippen molar-refractivity contribution in [3.05, 3.63) is 283 Å². The van der Waals surface area contributed by atoms with Crippen LogP contribution in [-0.2, 0) is 5.41 Å². The van der Waals surface area contributed by atoms with Gasteiger partial charge in [0.2, 0.25) is 0 Å². The van der Waals surface area contributed by atoms with Gasteiger partial charge in [-0.15, -0.1) is 0 Å². The van der Waals surface area contributed by atoms with E-state index in [9.17, 15) is 0 Å². The molecule has 1 heterocycles. The Kier molecular flexibility index (Phi) is 9.11. The molecule has 314 valence electrons. The summed E-state index contributed by atoms with van der Waals surface area (Å²) >= 11 is 0. The van der Waals surface area contributed by atoms with Crippen LogP contribution in [0.2, 0.25) is 0 Å². The molecule has 1 aliphatic carbocycles. The number of anilines is 3. The van der Waals surface area contributed by atoms with E-state index in [1.807, 2.05) is 0 Å². The third kappa shape index (κ3) is 6.18. The first-order valence-electron chi connectivity index (χ1n) is 23.1. The smallest absolute Gasteiger partial charge is 0.137 e. The Balaban J connectivity index is 1.06. The fraction of sp³-hybridized carbons (Fsp3) is 0.0154. The van der Waals surface area contributed by atoms with E-state index in [2.05, 4.69) is 266 Å². The first-order valence-corrected chi connectivity index (χ1v) is 23.1. The van der Waals surface area contributed by atoms with Crippen molar-refractivity contribution in [1.29, 1.82) is 0 Å². The number of nitrogens with zero attached hydrogens (tertiary/aromatic N) is 1. The van der Waals surface area contributed by atoms with E-state index in [0.717, 1.165) is 50.8 Å². The molecule has 0 saturated carbocycles. The van der Waals surface area contributed by atoms with Crippen molar-refractivity contribution in [3.8, 4) is 67.1 Å². The fourth-order valence-corrected chi connectivity index (χ4v) is 11.0. The Hall–Kier alpha value is -8.72. The lowest BCUT2D eigenvalue weighted by molar-refractivity contribution is 0.488. The molecule has 0 atom stereocenters. The monoisotopic (exact) mass is 853 g/mol. The summed E-state index contributed by atoms with van der Waals surface area (Å²) in [6.45, 7) is 0. The summed E-state index contributed by atoms with van der Waals surface area (Å²) < 4.78 is 7.09. The molecule has 0 saturated heterocycles. The first-order chi connectivity index (χ1) is 33.2. The molecular formula is C65H43NO. The van der Waals surface area contributed by atoms with Crippen LogP contribution < -0.4 is 9.64 Å². The maximum absolute atomic E-state index is 7.09. The second-order valence-electron chi connectivity index (χ2n) is 17.5. The molecule has 0 N–H and O–H groups in total. The summed E-state index contributed by atoms with van der Waals surface area (Å²) in [6, 6.07) is 94.9. The van der Waals surface area contributed by atoms with Crippen LogP contribution in [0.25, 0.3) is 66.4 Å². The third-order valence-corrected chi connectivity index (χ3v) is 14.0. The summed E-state index contributed by atoms with van der Waals surface area (Å²) in [5.74, 6) is 1.65. The maximum Gasteiger partial charge on any atom is 0.137 e. The zero-order chi connectivity index (χ0) is 44.3. The molecule has 2 aliphatic rings. The minimum atomic E-state index is -0.501. The van der Waals surface area contributed by atoms with Crippen molar-refractivity contribution < 1.29 is 4.74 Å². The van der Waals surface area contributed by atoms with Crippen LogP contribution in [0, 0.1) is 0 Å². The van der Waals surface area contributed by atoms with E-state index in [1.54, 1.807) is 0 Å². The van der Waals surface area contributed by atoms with Gasteiger partial charge in [0.25, 0.3) is 0 Å². The lowest BCUT2D eigenvalue weighted by Gasteiger charge is -2.34. The van der Waals surface area contributed by atoms with E-state index in [-0.39, 0.29) is 0 Å². The predicted molar refractivity (Wildman–Crippen MR) is 278 cm³/mol. The number of hydrogen-bond acceptors (Lipinski definition) is 2. The van der Waals surface area contributed by atoms with Crippen LogP contribution in [0.3, 0.4) is 0 Å². The Morgan fingerprint density at radius 3 is 1.58 bits per heavy atom. The lowest BCUT2D eigenvalue weighted by atomic mass is 9.68. The maximum atomic E-state index is 7.09. The van der Waals surface area contributed by atoms with E-state index >= 15 is 0 Å². The zero-order valence-corrected chi connectivity index (χ0v) is 36.7. The van der Waals surface area contributed by atoms with Gasteiger partial charge in [-0.05, 0) is 121 Å². The van der Waals surface area contributed by atoms with Crippen molar-refractivity contribution in [2.75, 3.05) is 4.90 Å². The zero-order valence-electron chi connectivity index (χ0n) is 36.7. The van der Waals surface area contributed by atoms with Gasteiger partial charge in [0.15, 0.2) is 0 Å². The quantitative estimate of drug-likeness (QED) is 0.158. The number of para-hydroxylation sites is 1. The predicted octanol–water partition coefficient (Wildman–Crippen LogP) is 17.4. The van der Waals surface area contributed by atoms with Crippen molar-refractivity contribution in [3.63, 3.8) is 0 Å². The molecule has 2 heteroatoms. The second-order valence-corrected chi connectivity index (χ2v) is 17.5. The molecule has 2 nitrogen and oxygen atoms in total. The molecular weight excluding hydrogens is 811 g/mol. The van der Waals surface area contributed by atoms with E-state index in [1.165, 1.54) is 66.4 Å². The molecule has 0 aromatic heterocycles. The lowest BCUT2D eigenvalue weighted by Crippen LogP contribution is -2.28. The summed E-state index contributed by atoms with van der Waals surface area (Å²) in [4.78, 5) is 2.44. The van der Waals surface area contributed by atoms with E-state index < -0.39 is 5.41 Å². The Labute approximate surface area is 391 Å².